The van der Waals surface area contributed by atoms with Gasteiger partial charge in [-0.2, -0.15) is 0 Å². The van der Waals surface area contributed by atoms with Crippen molar-refractivity contribution >= 4 is 17.8 Å². The Morgan fingerprint density at radius 3 is 1.06 bits per heavy atom. The molecule has 0 aromatic heterocycles. The average Bonchev–Trinajstić information content (AvgIpc) is 2.26. The van der Waals surface area contributed by atoms with Crippen LogP contribution < -0.4 is 34.0 Å². The number of amides is 4. The van der Waals surface area contributed by atoms with Crippen LogP contribution in [0.4, 0.5) is 4.79 Å². The Hall–Kier alpha value is -1.87. The van der Waals surface area contributed by atoms with Crippen LogP contribution in [-0.2, 0) is 9.59 Å². The first-order chi connectivity index (χ1) is 7.35. The van der Waals surface area contributed by atoms with Crippen LogP contribution in [0.15, 0.2) is 0 Å². The van der Waals surface area contributed by atoms with Gasteiger partial charge in [-0.3, -0.25) is 20.4 Å². The third kappa shape index (κ3) is 40.0. The van der Waals surface area contributed by atoms with Crippen LogP contribution in [0.1, 0.15) is 26.7 Å². The van der Waals surface area contributed by atoms with Gasteiger partial charge in [-0.1, -0.05) is 13.8 Å². The highest BCUT2D eigenvalue weighted by atomic mass is 16.2. The monoisotopic (exact) mass is 236 g/mol. The number of nitrogens with one attached hydrogen (secondary N) is 2. The lowest BCUT2D eigenvalue weighted by molar-refractivity contribution is -0.121. The zero-order valence-electron chi connectivity index (χ0n) is 9.45. The molecule has 0 aliphatic heterocycles. The number of carbonyl (C=O) groups excluding carboxylic acids is 3. The summed E-state index contributed by atoms with van der Waals surface area (Å²) in [6, 6.07) is -0.833. The number of nitrogens with two attached hydrogens (primary N) is 4. The van der Waals surface area contributed by atoms with Crippen molar-refractivity contribution < 1.29 is 14.4 Å². The summed E-state index contributed by atoms with van der Waals surface area (Å²) in [6.07, 6.45) is 0.910. The number of urea groups is 1. The quantitative estimate of drug-likeness (QED) is 0.180. The summed E-state index contributed by atoms with van der Waals surface area (Å²) in [6.45, 7) is 3.48. The molecule has 0 aliphatic rings. The molecule has 0 spiro atoms. The van der Waals surface area contributed by atoms with Crippen LogP contribution in [0, 0.1) is 0 Å². The maximum Gasteiger partial charge on any atom is 0.309 e. The van der Waals surface area contributed by atoms with Gasteiger partial charge in [0.15, 0.2) is 0 Å². The molecular weight excluding hydrogens is 216 g/mol. The maximum atomic E-state index is 9.94. The predicted octanol–water partition coefficient (Wildman–Crippen LogP) is -2.20. The molecule has 0 saturated heterocycles. The lowest BCUT2D eigenvalue weighted by Crippen LogP contribution is -2.28. The lowest BCUT2D eigenvalue weighted by atomic mass is 10.5. The topological polar surface area (TPSA) is 179 Å². The Morgan fingerprint density at radius 1 is 0.875 bits per heavy atom. The van der Waals surface area contributed by atoms with Crippen molar-refractivity contribution in [2.45, 2.75) is 26.7 Å². The van der Waals surface area contributed by atoms with Crippen molar-refractivity contribution in [3.8, 4) is 0 Å². The minimum absolute atomic E-state index is 0.130. The fourth-order valence-corrected chi connectivity index (χ4v) is 0.204. The molecule has 9 heteroatoms. The maximum absolute atomic E-state index is 9.94. The molecular formula is C7H20N6O3. The summed E-state index contributed by atoms with van der Waals surface area (Å²) in [5.41, 5.74) is 12.5. The van der Waals surface area contributed by atoms with Gasteiger partial charge < -0.3 is 11.5 Å². The number of hydrogen-bond acceptors (Lipinski definition) is 5. The van der Waals surface area contributed by atoms with Crippen molar-refractivity contribution in [1.29, 1.82) is 0 Å². The molecule has 0 heterocycles. The summed E-state index contributed by atoms with van der Waals surface area (Å²) in [5.74, 6) is 9.11. The van der Waals surface area contributed by atoms with Crippen molar-refractivity contribution in [1.82, 2.24) is 10.9 Å². The molecule has 0 radical (unpaired) electrons. The van der Waals surface area contributed by atoms with Crippen LogP contribution in [0.2, 0.25) is 0 Å². The molecule has 0 aromatic carbocycles. The molecule has 10 N–H and O–H groups in total. The minimum atomic E-state index is -0.833. The Balaban J connectivity index is -0.000000162. The highest BCUT2D eigenvalue weighted by molar-refractivity contribution is 5.74. The van der Waals surface area contributed by atoms with E-state index < -0.39 is 6.03 Å². The van der Waals surface area contributed by atoms with Gasteiger partial charge in [0, 0.05) is 12.8 Å². The van der Waals surface area contributed by atoms with E-state index in [2.05, 4.69) is 23.2 Å². The molecule has 16 heavy (non-hydrogen) atoms. The van der Waals surface area contributed by atoms with Crippen LogP contribution in [-0.4, -0.2) is 17.8 Å². The Bertz CT molecular complexity index is 176. The number of primary amides is 2. The van der Waals surface area contributed by atoms with Crippen LogP contribution in [0.5, 0.6) is 0 Å². The first-order valence-electron chi connectivity index (χ1n) is 4.39. The van der Waals surface area contributed by atoms with Crippen molar-refractivity contribution in [3.05, 3.63) is 0 Å². The van der Waals surface area contributed by atoms with Gasteiger partial charge in [0.25, 0.3) is 0 Å². The summed E-state index contributed by atoms with van der Waals surface area (Å²) in [7, 11) is 0. The normalized spacial score (nSPS) is 7.25. The van der Waals surface area contributed by atoms with E-state index in [1.54, 1.807) is 13.8 Å². The molecule has 0 aliphatic carbocycles. The van der Waals surface area contributed by atoms with E-state index in [4.69, 9.17) is 4.79 Å². The average molecular weight is 236 g/mol. The first-order valence-corrected chi connectivity index (χ1v) is 4.39. The van der Waals surface area contributed by atoms with Gasteiger partial charge in [0.05, 0.1) is 0 Å². The van der Waals surface area contributed by atoms with Gasteiger partial charge in [-0.15, -0.1) is 0 Å². The molecule has 0 unspecified atom stereocenters. The summed E-state index contributed by atoms with van der Waals surface area (Å²) in [4.78, 5) is 28.9. The van der Waals surface area contributed by atoms with Crippen molar-refractivity contribution in [2.24, 2.45) is 23.2 Å². The standard InChI is InChI=1S/2C3H8N2O.CH4N2O/c2*1-2-3(6)5-4;2-1(3)4/h2*2,4H2,1H3,(H,5,6);(H4,2,3,4). The Kier molecular flexibility index (Phi) is 19.2. The van der Waals surface area contributed by atoms with Gasteiger partial charge in [-0.25, -0.2) is 16.5 Å². The minimum Gasteiger partial charge on any atom is -0.352 e. The molecule has 0 atom stereocenters. The second-order valence-corrected chi connectivity index (χ2v) is 2.24. The molecule has 0 rings (SSSR count). The second-order valence-electron chi connectivity index (χ2n) is 2.24. The first kappa shape index (κ1) is 19.7. The van der Waals surface area contributed by atoms with E-state index in [0.717, 1.165) is 0 Å². The van der Waals surface area contributed by atoms with Crippen LogP contribution in [0.3, 0.4) is 0 Å². The van der Waals surface area contributed by atoms with Gasteiger partial charge in [0.1, 0.15) is 0 Å². The van der Waals surface area contributed by atoms with Crippen molar-refractivity contribution in [3.63, 3.8) is 0 Å². The highest BCUT2D eigenvalue weighted by Gasteiger charge is 1.85. The Labute approximate surface area is 93.8 Å². The summed E-state index contributed by atoms with van der Waals surface area (Å²) in [5, 5.41) is 0. The fourth-order valence-electron chi connectivity index (χ4n) is 0.204. The molecule has 0 saturated carbocycles. The molecule has 96 valence electrons. The third-order valence-corrected chi connectivity index (χ3v) is 0.964. The van der Waals surface area contributed by atoms with Crippen LogP contribution in [0.25, 0.3) is 0 Å². The van der Waals surface area contributed by atoms with Crippen LogP contribution >= 0.6 is 0 Å². The molecule has 0 bridgehead atoms. The molecule has 9 nitrogen and oxygen atoms in total. The predicted molar refractivity (Wildman–Crippen MR) is 59.0 cm³/mol. The van der Waals surface area contributed by atoms with E-state index in [1.807, 2.05) is 10.9 Å². The third-order valence-electron chi connectivity index (χ3n) is 0.964. The number of hydrazine groups is 2. The van der Waals surface area contributed by atoms with Gasteiger partial charge >= 0.3 is 6.03 Å². The van der Waals surface area contributed by atoms with Gasteiger partial charge in [0.2, 0.25) is 11.8 Å². The second kappa shape index (κ2) is 15.6. The zero-order chi connectivity index (χ0) is 13.6. The summed E-state index contributed by atoms with van der Waals surface area (Å²) < 4.78 is 0. The van der Waals surface area contributed by atoms with E-state index in [-0.39, 0.29) is 11.8 Å². The largest absolute Gasteiger partial charge is 0.352 e. The number of hydrogen-bond donors (Lipinski definition) is 6. The highest BCUT2D eigenvalue weighted by Crippen LogP contribution is 1.67. The van der Waals surface area contributed by atoms with E-state index in [1.165, 1.54) is 0 Å². The smallest absolute Gasteiger partial charge is 0.309 e. The molecule has 4 amide bonds. The van der Waals surface area contributed by atoms with Gasteiger partial charge in [-0.05, 0) is 0 Å². The van der Waals surface area contributed by atoms with Crippen molar-refractivity contribution in [2.75, 3.05) is 0 Å². The SMILES string of the molecule is CCC(=O)NN.CCC(=O)NN.NC(N)=O. The molecule has 0 aromatic rings. The number of rotatable bonds is 2. The zero-order valence-corrected chi connectivity index (χ0v) is 9.45. The summed E-state index contributed by atoms with van der Waals surface area (Å²) >= 11 is 0. The van der Waals surface area contributed by atoms with E-state index >= 15 is 0 Å². The van der Waals surface area contributed by atoms with E-state index in [0.29, 0.717) is 12.8 Å². The van der Waals surface area contributed by atoms with E-state index in [9.17, 15) is 9.59 Å². The fraction of sp³-hybridized carbons (Fsp3) is 0.571. The Morgan fingerprint density at radius 2 is 1.06 bits per heavy atom. The lowest BCUT2D eigenvalue weighted by Gasteiger charge is -1.87. The number of carbonyl (C=O) groups is 3. The molecule has 0 fully saturated rings.